The molecule has 0 spiro atoms. The number of amides is 1. The van der Waals surface area contributed by atoms with E-state index >= 15 is 0 Å². The maximum Gasteiger partial charge on any atom is 0.266 e. The van der Waals surface area contributed by atoms with Crippen LogP contribution >= 0.6 is 11.6 Å². The lowest BCUT2D eigenvalue weighted by atomic mass is 10.0. The molecule has 2 aromatic rings. The molecule has 7 nitrogen and oxygen atoms in total. The van der Waals surface area contributed by atoms with E-state index in [1.165, 1.54) is 12.1 Å². The lowest BCUT2D eigenvalue weighted by Crippen LogP contribution is -2.48. The number of anilines is 1. The Kier molecular flexibility index (Phi) is 6.31. The number of aromatic nitrogens is 2. The van der Waals surface area contributed by atoms with Crippen molar-refractivity contribution in [1.82, 2.24) is 20.2 Å². The molecule has 2 aliphatic heterocycles. The summed E-state index contributed by atoms with van der Waals surface area (Å²) in [7, 11) is 0. The van der Waals surface area contributed by atoms with Crippen molar-refractivity contribution in [3.8, 4) is 0 Å². The highest BCUT2D eigenvalue weighted by atomic mass is 35.5. The van der Waals surface area contributed by atoms with Gasteiger partial charge in [-0.25, -0.2) is 23.1 Å². The molecule has 0 aliphatic carbocycles. The van der Waals surface area contributed by atoms with Gasteiger partial charge in [0, 0.05) is 24.2 Å². The minimum Gasteiger partial charge on any atom is -0.366 e. The van der Waals surface area contributed by atoms with Crippen LogP contribution in [0.1, 0.15) is 41.8 Å². The zero-order valence-electron chi connectivity index (χ0n) is 16.7. The Bertz CT molecular complexity index is 988. The van der Waals surface area contributed by atoms with Crippen LogP contribution in [-0.2, 0) is 22.6 Å². The first-order valence-electron chi connectivity index (χ1n) is 9.84. The summed E-state index contributed by atoms with van der Waals surface area (Å²) in [5, 5.41) is 6.14. The number of fused-ring (bicyclic) bond motifs is 1. The second kappa shape index (κ2) is 8.97. The number of nitrogens with zero attached hydrogens (tertiary/aromatic N) is 3. The van der Waals surface area contributed by atoms with Crippen LogP contribution < -0.4 is 10.6 Å². The minimum atomic E-state index is -2.92. The molecule has 11 heteroatoms. The third-order valence-electron chi connectivity index (χ3n) is 5.38. The van der Waals surface area contributed by atoms with E-state index in [-0.39, 0.29) is 29.8 Å². The van der Waals surface area contributed by atoms with Crippen LogP contribution in [0.2, 0.25) is 5.28 Å². The first kappa shape index (κ1) is 21.8. The van der Waals surface area contributed by atoms with E-state index < -0.39 is 30.0 Å². The number of carbonyl (C=O) groups is 1. The Labute approximate surface area is 182 Å². The normalized spacial score (nSPS) is 19.4. The van der Waals surface area contributed by atoms with Crippen molar-refractivity contribution in [1.29, 1.82) is 0 Å². The highest BCUT2D eigenvalue weighted by molar-refractivity contribution is 6.28. The number of benzene rings is 1. The topological polar surface area (TPSA) is 79.4 Å². The zero-order chi connectivity index (χ0) is 22.1. The maximum absolute atomic E-state index is 14.6. The number of ether oxygens (including phenoxy) is 1. The van der Waals surface area contributed by atoms with Gasteiger partial charge in [-0.05, 0) is 18.5 Å². The van der Waals surface area contributed by atoms with E-state index in [4.69, 9.17) is 16.3 Å². The molecule has 2 aliphatic rings. The average molecular weight is 456 g/mol. The van der Waals surface area contributed by atoms with Crippen molar-refractivity contribution in [3.05, 3.63) is 51.7 Å². The van der Waals surface area contributed by atoms with Crippen molar-refractivity contribution < 1.29 is 22.7 Å². The molecule has 31 heavy (non-hydrogen) atoms. The van der Waals surface area contributed by atoms with E-state index in [9.17, 15) is 18.0 Å². The number of alkyl halides is 2. The summed E-state index contributed by atoms with van der Waals surface area (Å²) in [6.07, 6.45) is -3.49. The number of morpholine rings is 1. The molecule has 0 bridgehead atoms. The van der Waals surface area contributed by atoms with Gasteiger partial charge in [0.1, 0.15) is 17.7 Å². The molecular weight excluding hydrogens is 435 g/mol. The molecule has 1 amide bonds. The van der Waals surface area contributed by atoms with E-state index in [2.05, 4.69) is 20.6 Å². The standard InChI is InChI=1S/C20H21ClF3N5O2/c1-10(11-3-2-4-12(16(11)22)17(23)24)26-18-13-8-29(9-14(13)27-20(21)28-18)19(30)15-7-25-5-6-31-15/h2-4,10,15,17,25H,5-9H2,1H3,(H,26,27,28)/t10-,15+/m1/s1. The van der Waals surface area contributed by atoms with Crippen LogP contribution in [0.3, 0.4) is 0 Å². The van der Waals surface area contributed by atoms with Crippen LogP contribution in [0.4, 0.5) is 19.0 Å². The number of nitrogens with one attached hydrogen (secondary N) is 2. The molecule has 3 heterocycles. The molecule has 1 aromatic carbocycles. The van der Waals surface area contributed by atoms with E-state index in [1.807, 2.05) is 0 Å². The molecule has 1 fully saturated rings. The highest BCUT2D eigenvalue weighted by Gasteiger charge is 2.34. The van der Waals surface area contributed by atoms with Gasteiger partial charge in [-0.3, -0.25) is 4.79 Å². The Morgan fingerprint density at radius 1 is 1.32 bits per heavy atom. The zero-order valence-corrected chi connectivity index (χ0v) is 17.4. The number of rotatable bonds is 5. The van der Waals surface area contributed by atoms with Gasteiger partial charge in [0.2, 0.25) is 5.28 Å². The largest absolute Gasteiger partial charge is 0.366 e. The number of halogens is 4. The monoisotopic (exact) mass is 455 g/mol. The van der Waals surface area contributed by atoms with Gasteiger partial charge in [0.25, 0.3) is 12.3 Å². The molecule has 2 N–H and O–H groups in total. The van der Waals surface area contributed by atoms with Gasteiger partial charge in [0.15, 0.2) is 0 Å². The van der Waals surface area contributed by atoms with Gasteiger partial charge >= 0.3 is 0 Å². The molecule has 2 atom stereocenters. The van der Waals surface area contributed by atoms with Crippen molar-refractivity contribution in [2.24, 2.45) is 0 Å². The van der Waals surface area contributed by atoms with Gasteiger partial charge < -0.3 is 20.3 Å². The highest BCUT2D eigenvalue weighted by Crippen LogP contribution is 2.33. The van der Waals surface area contributed by atoms with Gasteiger partial charge in [0.05, 0.1) is 37.0 Å². The van der Waals surface area contributed by atoms with E-state index in [0.717, 1.165) is 6.07 Å². The predicted octanol–water partition coefficient (Wildman–Crippen LogP) is 3.21. The van der Waals surface area contributed by atoms with Gasteiger partial charge in [-0.1, -0.05) is 18.2 Å². The summed E-state index contributed by atoms with van der Waals surface area (Å²) in [5.74, 6) is -0.800. The van der Waals surface area contributed by atoms with Crippen molar-refractivity contribution >= 4 is 23.3 Å². The van der Waals surface area contributed by atoms with E-state index in [0.29, 0.717) is 36.8 Å². The SMILES string of the molecule is C[C@@H](Nc1nc(Cl)nc2c1CN(C(=O)[C@@H]1CNCCO1)C2)c1cccc(C(F)F)c1F. The van der Waals surface area contributed by atoms with Crippen LogP contribution in [-0.4, -0.2) is 46.6 Å². The van der Waals surface area contributed by atoms with Crippen molar-refractivity contribution in [3.63, 3.8) is 0 Å². The summed E-state index contributed by atoms with van der Waals surface area (Å²) in [4.78, 5) is 22.8. The molecule has 0 radical (unpaired) electrons. The Morgan fingerprint density at radius 3 is 2.81 bits per heavy atom. The average Bonchev–Trinajstić information content (AvgIpc) is 3.17. The second-order valence-electron chi connectivity index (χ2n) is 7.44. The fourth-order valence-corrected chi connectivity index (χ4v) is 3.97. The second-order valence-corrected chi connectivity index (χ2v) is 7.78. The summed E-state index contributed by atoms with van der Waals surface area (Å²) >= 11 is 6.06. The number of hydrogen-bond acceptors (Lipinski definition) is 6. The lowest BCUT2D eigenvalue weighted by Gasteiger charge is -2.26. The Balaban J connectivity index is 1.56. The molecule has 1 aromatic heterocycles. The van der Waals surface area contributed by atoms with E-state index in [1.54, 1.807) is 11.8 Å². The van der Waals surface area contributed by atoms with Crippen molar-refractivity contribution in [2.75, 3.05) is 25.0 Å². The number of hydrogen-bond donors (Lipinski definition) is 2. The van der Waals surface area contributed by atoms with Crippen LogP contribution in [0.25, 0.3) is 0 Å². The van der Waals surface area contributed by atoms with Gasteiger partial charge in [-0.15, -0.1) is 0 Å². The predicted molar refractivity (Wildman–Crippen MR) is 107 cm³/mol. The molecule has 1 saturated heterocycles. The summed E-state index contributed by atoms with van der Waals surface area (Å²) in [6, 6.07) is 3.20. The molecule has 0 saturated carbocycles. The Hall–Kier alpha value is -2.43. The van der Waals surface area contributed by atoms with Crippen LogP contribution in [0, 0.1) is 5.82 Å². The molecule has 0 unspecified atom stereocenters. The fraction of sp³-hybridized carbons (Fsp3) is 0.450. The molecular formula is C20H21ClF3N5O2. The number of carbonyl (C=O) groups excluding carboxylic acids is 1. The lowest BCUT2D eigenvalue weighted by molar-refractivity contribution is -0.145. The summed E-state index contributed by atoms with van der Waals surface area (Å²) in [6.45, 7) is 3.70. The maximum atomic E-state index is 14.6. The first-order valence-corrected chi connectivity index (χ1v) is 10.2. The third-order valence-corrected chi connectivity index (χ3v) is 5.55. The van der Waals surface area contributed by atoms with Gasteiger partial charge in [-0.2, -0.15) is 0 Å². The first-order chi connectivity index (χ1) is 14.8. The Morgan fingerprint density at radius 2 is 2.10 bits per heavy atom. The summed E-state index contributed by atoms with van der Waals surface area (Å²) < 4.78 is 46.2. The molecule has 4 rings (SSSR count). The van der Waals surface area contributed by atoms with Crippen molar-refractivity contribution in [2.45, 2.75) is 38.6 Å². The fourth-order valence-electron chi connectivity index (χ4n) is 3.78. The van der Waals surface area contributed by atoms with Crippen LogP contribution in [0.5, 0.6) is 0 Å². The quantitative estimate of drug-likeness (QED) is 0.674. The smallest absolute Gasteiger partial charge is 0.266 e. The molecule has 166 valence electrons. The van der Waals surface area contributed by atoms with Crippen LogP contribution in [0.15, 0.2) is 18.2 Å². The third kappa shape index (κ3) is 4.46. The minimum absolute atomic E-state index is 0.0277. The summed E-state index contributed by atoms with van der Waals surface area (Å²) in [5.41, 5.74) is 0.649.